The Morgan fingerprint density at radius 1 is 1.38 bits per heavy atom. The van der Waals surface area contributed by atoms with Crippen molar-refractivity contribution in [3.63, 3.8) is 0 Å². The molecule has 4 N–H and O–H groups in total. The number of aliphatic carboxylic acids is 1. The average Bonchev–Trinajstić information content (AvgIpc) is 2.92. The third-order valence-electron chi connectivity index (χ3n) is 4.00. The molecular formula is C13H21N5O3. The first-order chi connectivity index (χ1) is 10.1. The fourth-order valence-electron chi connectivity index (χ4n) is 2.75. The van der Waals surface area contributed by atoms with E-state index in [0.717, 1.165) is 32.1 Å². The highest BCUT2D eigenvalue weighted by Gasteiger charge is 2.37. The van der Waals surface area contributed by atoms with Gasteiger partial charge in [0.05, 0.1) is 18.2 Å². The maximum Gasteiger partial charge on any atom is 0.325 e. The molecule has 1 aromatic heterocycles. The molecule has 0 bridgehead atoms. The summed E-state index contributed by atoms with van der Waals surface area (Å²) in [6.45, 7) is 0.346. The van der Waals surface area contributed by atoms with Crippen molar-refractivity contribution in [2.75, 3.05) is 6.54 Å². The van der Waals surface area contributed by atoms with Crippen LogP contribution < -0.4 is 11.1 Å². The Morgan fingerprint density at radius 3 is 2.71 bits per heavy atom. The summed E-state index contributed by atoms with van der Waals surface area (Å²) in [5.41, 5.74) is 5.88. The lowest BCUT2D eigenvalue weighted by atomic mass is 9.73. The molecule has 21 heavy (non-hydrogen) atoms. The highest BCUT2D eigenvalue weighted by atomic mass is 16.4. The van der Waals surface area contributed by atoms with E-state index in [2.05, 4.69) is 15.6 Å². The van der Waals surface area contributed by atoms with E-state index in [9.17, 15) is 9.59 Å². The minimum absolute atomic E-state index is 0.0440. The number of nitrogens with one attached hydrogen (secondary N) is 1. The smallest absolute Gasteiger partial charge is 0.325 e. The van der Waals surface area contributed by atoms with Crippen molar-refractivity contribution in [3.8, 4) is 0 Å². The predicted molar refractivity (Wildman–Crippen MR) is 74.1 cm³/mol. The number of rotatable bonds is 6. The van der Waals surface area contributed by atoms with Crippen LogP contribution in [-0.4, -0.2) is 38.5 Å². The summed E-state index contributed by atoms with van der Waals surface area (Å²) < 4.78 is 1.23. The van der Waals surface area contributed by atoms with E-state index >= 15 is 0 Å². The Hall–Kier alpha value is -1.96. The van der Waals surface area contributed by atoms with Gasteiger partial charge in [0.15, 0.2) is 0 Å². The largest absolute Gasteiger partial charge is 0.480 e. The summed E-state index contributed by atoms with van der Waals surface area (Å²) in [5, 5.41) is 19.0. The van der Waals surface area contributed by atoms with Crippen molar-refractivity contribution >= 4 is 11.9 Å². The fraction of sp³-hybridized carbons (Fsp3) is 0.692. The molecule has 1 heterocycles. The molecule has 0 saturated heterocycles. The van der Waals surface area contributed by atoms with Gasteiger partial charge in [-0.1, -0.05) is 24.5 Å². The SMILES string of the molecule is NCC1(C(=O)NCc2cn(CC(=O)O)nn2)CCCCC1. The number of hydrogen-bond acceptors (Lipinski definition) is 5. The third kappa shape index (κ3) is 3.78. The van der Waals surface area contributed by atoms with Crippen molar-refractivity contribution < 1.29 is 14.7 Å². The van der Waals surface area contributed by atoms with Gasteiger partial charge in [0.25, 0.3) is 0 Å². The molecule has 1 aliphatic rings. The summed E-state index contributed by atoms with van der Waals surface area (Å²) in [5.74, 6) is -1.03. The van der Waals surface area contributed by atoms with Crippen LogP contribution in [-0.2, 0) is 22.7 Å². The van der Waals surface area contributed by atoms with E-state index in [0.29, 0.717) is 12.2 Å². The number of aromatic nitrogens is 3. The molecule has 0 aromatic carbocycles. The third-order valence-corrected chi connectivity index (χ3v) is 4.00. The molecular weight excluding hydrogens is 274 g/mol. The van der Waals surface area contributed by atoms with Gasteiger partial charge in [-0.3, -0.25) is 9.59 Å². The number of carboxylic acids is 1. The number of nitrogens with two attached hydrogens (primary N) is 1. The van der Waals surface area contributed by atoms with Gasteiger partial charge < -0.3 is 16.2 Å². The normalized spacial score (nSPS) is 17.4. The van der Waals surface area contributed by atoms with E-state index < -0.39 is 11.4 Å². The maximum atomic E-state index is 12.4. The number of hydrogen-bond donors (Lipinski definition) is 3. The van der Waals surface area contributed by atoms with E-state index in [-0.39, 0.29) is 19.0 Å². The summed E-state index contributed by atoms with van der Waals surface area (Å²) >= 11 is 0. The van der Waals surface area contributed by atoms with E-state index in [1.165, 1.54) is 10.9 Å². The molecule has 8 heteroatoms. The second-order valence-electron chi connectivity index (χ2n) is 5.53. The van der Waals surface area contributed by atoms with Crippen LogP contribution in [0.15, 0.2) is 6.20 Å². The molecule has 1 aromatic rings. The number of carbonyl (C=O) groups excluding carboxylic acids is 1. The van der Waals surface area contributed by atoms with Gasteiger partial charge >= 0.3 is 5.97 Å². The summed E-state index contributed by atoms with van der Waals surface area (Å²) in [7, 11) is 0. The van der Waals surface area contributed by atoms with Crippen LogP contribution in [0.2, 0.25) is 0 Å². The molecule has 0 aliphatic heterocycles. The lowest BCUT2D eigenvalue weighted by molar-refractivity contribution is -0.138. The molecule has 0 radical (unpaired) electrons. The predicted octanol–water partition coefficient (Wildman–Crippen LogP) is -0.112. The summed E-state index contributed by atoms with van der Waals surface area (Å²) in [6.07, 6.45) is 6.36. The van der Waals surface area contributed by atoms with Crippen LogP contribution in [0.3, 0.4) is 0 Å². The molecule has 8 nitrogen and oxygen atoms in total. The van der Waals surface area contributed by atoms with Crippen LogP contribution in [0.5, 0.6) is 0 Å². The van der Waals surface area contributed by atoms with Crippen LogP contribution in [0, 0.1) is 5.41 Å². The number of nitrogens with zero attached hydrogens (tertiary/aromatic N) is 3. The highest BCUT2D eigenvalue weighted by molar-refractivity contribution is 5.82. The second-order valence-corrected chi connectivity index (χ2v) is 5.53. The fourth-order valence-corrected chi connectivity index (χ4v) is 2.75. The topological polar surface area (TPSA) is 123 Å². The molecule has 1 saturated carbocycles. The van der Waals surface area contributed by atoms with Crippen LogP contribution in [0.1, 0.15) is 37.8 Å². The van der Waals surface area contributed by atoms with Crippen LogP contribution in [0.25, 0.3) is 0 Å². The van der Waals surface area contributed by atoms with Gasteiger partial charge in [0.1, 0.15) is 12.2 Å². The van der Waals surface area contributed by atoms with E-state index in [1.807, 2.05) is 0 Å². The molecule has 1 aliphatic carbocycles. The Balaban J connectivity index is 1.90. The van der Waals surface area contributed by atoms with Crippen LogP contribution >= 0.6 is 0 Å². The van der Waals surface area contributed by atoms with Gasteiger partial charge in [-0.2, -0.15) is 0 Å². The van der Waals surface area contributed by atoms with Gasteiger partial charge in [-0.25, -0.2) is 4.68 Å². The quantitative estimate of drug-likeness (QED) is 0.672. The van der Waals surface area contributed by atoms with Crippen molar-refractivity contribution in [1.82, 2.24) is 20.3 Å². The minimum Gasteiger partial charge on any atom is -0.480 e. The zero-order chi connectivity index (χ0) is 15.3. The van der Waals surface area contributed by atoms with Crippen LogP contribution in [0.4, 0.5) is 0 Å². The maximum absolute atomic E-state index is 12.4. The molecule has 1 amide bonds. The van der Waals surface area contributed by atoms with Gasteiger partial charge in [0.2, 0.25) is 5.91 Å². The molecule has 0 spiro atoms. The lowest BCUT2D eigenvalue weighted by Gasteiger charge is -2.34. The Kier molecular flexibility index (Phi) is 4.89. The standard InChI is InChI=1S/C13H21N5O3/c14-9-13(4-2-1-3-5-13)12(21)15-6-10-7-18(17-16-10)8-11(19)20/h7H,1-6,8-9,14H2,(H,15,21)(H,19,20). The summed E-state index contributed by atoms with van der Waals surface area (Å²) in [4.78, 5) is 22.9. The average molecular weight is 295 g/mol. The zero-order valence-electron chi connectivity index (χ0n) is 11.9. The second kappa shape index (κ2) is 6.66. The Morgan fingerprint density at radius 2 is 2.10 bits per heavy atom. The van der Waals surface area contributed by atoms with Gasteiger partial charge in [-0.05, 0) is 12.8 Å². The lowest BCUT2D eigenvalue weighted by Crippen LogP contribution is -2.46. The molecule has 2 rings (SSSR count). The number of carbonyl (C=O) groups is 2. The number of amides is 1. The molecule has 0 unspecified atom stereocenters. The first-order valence-electron chi connectivity index (χ1n) is 7.15. The summed E-state index contributed by atoms with van der Waals surface area (Å²) in [6, 6.07) is 0. The monoisotopic (exact) mass is 295 g/mol. The molecule has 1 fully saturated rings. The van der Waals surface area contributed by atoms with E-state index in [4.69, 9.17) is 10.8 Å². The highest BCUT2D eigenvalue weighted by Crippen LogP contribution is 2.35. The van der Waals surface area contributed by atoms with E-state index in [1.54, 1.807) is 0 Å². The minimum atomic E-state index is -0.986. The van der Waals surface area contributed by atoms with Crippen molar-refractivity contribution in [2.24, 2.45) is 11.1 Å². The van der Waals surface area contributed by atoms with Gasteiger partial charge in [-0.15, -0.1) is 5.10 Å². The van der Waals surface area contributed by atoms with Crippen molar-refractivity contribution in [3.05, 3.63) is 11.9 Å². The first-order valence-corrected chi connectivity index (χ1v) is 7.15. The Labute approximate surface area is 122 Å². The first kappa shape index (κ1) is 15.4. The van der Waals surface area contributed by atoms with Crippen molar-refractivity contribution in [2.45, 2.75) is 45.2 Å². The Bertz CT molecular complexity index is 508. The zero-order valence-corrected chi connectivity index (χ0v) is 11.9. The molecule has 0 atom stereocenters. The van der Waals surface area contributed by atoms with Crippen molar-refractivity contribution in [1.29, 1.82) is 0 Å². The molecule has 116 valence electrons. The van der Waals surface area contributed by atoms with Gasteiger partial charge in [0, 0.05) is 6.54 Å². The number of carboxylic acid groups (broad SMARTS) is 1.